The van der Waals surface area contributed by atoms with Crippen LogP contribution in [0, 0.1) is 0 Å². The van der Waals surface area contributed by atoms with Gasteiger partial charge in [-0.2, -0.15) is 0 Å². The second-order valence-corrected chi connectivity index (χ2v) is 5.19. The van der Waals surface area contributed by atoms with Gasteiger partial charge in [-0.1, -0.05) is 12.1 Å². The summed E-state index contributed by atoms with van der Waals surface area (Å²) in [6, 6.07) is 3.65. The quantitative estimate of drug-likeness (QED) is 0.816. The fourth-order valence-corrected chi connectivity index (χ4v) is 2.85. The number of methoxy groups -OCH3 is 2. The van der Waals surface area contributed by atoms with Gasteiger partial charge in [-0.25, -0.2) is 8.78 Å². The van der Waals surface area contributed by atoms with Crippen LogP contribution in [0.2, 0.25) is 0 Å². The minimum absolute atomic E-state index is 0. The van der Waals surface area contributed by atoms with Gasteiger partial charge < -0.3 is 19.9 Å². The fourth-order valence-electron chi connectivity index (χ4n) is 2.85. The van der Waals surface area contributed by atoms with Gasteiger partial charge in [0.1, 0.15) is 12.6 Å². The maximum Gasteiger partial charge on any atom is 0.290 e. The van der Waals surface area contributed by atoms with Gasteiger partial charge in [0.15, 0.2) is 11.5 Å². The van der Waals surface area contributed by atoms with Crippen LogP contribution in [-0.4, -0.2) is 62.9 Å². The van der Waals surface area contributed by atoms with Crippen molar-refractivity contribution in [2.45, 2.75) is 12.0 Å². The molecule has 0 radical (unpaired) electrons. The number of piperazine rings is 1. The molecule has 0 amide bonds. The van der Waals surface area contributed by atoms with E-state index < -0.39 is 18.6 Å². The highest BCUT2D eigenvalue weighted by molar-refractivity contribution is 5.85. The van der Waals surface area contributed by atoms with E-state index in [2.05, 4.69) is 5.32 Å². The summed E-state index contributed by atoms with van der Waals surface area (Å²) in [5, 5.41) is 12.3. The number of aliphatic hydroxyl groups excluding tert-OH is 1. The second-order valence-electron chi connectivity index (χ2n) is 5.19. The highest BCUT2D eigenvalue weighted by atomic mass is 35.5. The summed E-state index contributed by atoms with van der Waals surface area (Å²) in [4.78, 5) is 1.67. The lowest BCUT2D eigenvalue weighted by Gasteiger charge is -2.39. The first-order chi connectivity index (χ1) is 10.5. The molecule has 0 aromatic heterocycles. The van der Waals surface area contributed by atoms with E-state index in [-0.39, 0.29) is 18.2 Å². The average molecular weight is 353 g/mol. The lowest BCUT2D eigenvalue weighted by molar-refractivity contribution is -0.119. The summed E-state index contributed by atoms with van der Waals surface area (Å²) in [7, 11) is 2.89. The smallest absolute Gasteiger partial charge is 0.290 e. The minimum Gasteiger partial charge on any atom is -0.493 e. The van der Waals surface area contributed by atoms with Crippen LogP contribution >= 0.6 is 12.4 Å². The first-order valence-electron chi connectivity index (χ1n) is 7.19. The molecule has 5 nitrogen and oxygen atoms in total. The van der Waals surface area contributed by atoms with Crippen LogP contribution in [0.15, 0.2) is 18.2 Å². The lowest BCUT2D eigenvalue weighted by Crippen LogP contribution is -2.51. The Morgan fingerprint density at radius 3 is 2.43 bits per heavy atom. The normalized spacial score (nSPS) is 17.3. The van der Waals surface area contributed by atoms with Crippen LogP contribution in [0.25, 0.3) is 0 Å². The molecule has 1 aromatic carbocycles. The molecule has 0 bridgehead atoms. The number of para-hydroxylation sites is 1. The van der Waals surface area contributed by atoms with Gasteiger partial charge in [-0.15, -0.1) is 12.4 Å². The van der Waals surface area contributed by atoms with Crippen molar-refractivity contribution in [2.24, 2.45) is 0 Å². The van der Waals surface area contributed by atoms with Gasteiger partial charge in [0, 0.05) is 31.7 Å². The summed E-state index contributed by atoms with van der Waals surface area (Å²) in [5.41, 5.74) is 0.322. The summed E-state index contributed by atoms with van der Waals surface area (Å²) in [5.74, 6) is -2.60. The maximum atomic E-state index is 14.4. The monoisotopic (exact) mass is 352 g/mol. The van der Waals surface area contributed by atoms with Crippen molar-refractivity contribution >= 4 is 12.4 Å². The standard InChI is InChI=1S/C15H22F2N2O3.ClH/c1-21-12-5-3-4-11(13(12)22-2)14(15(16,17)10-20)19-8-6-18-7-9-19;/h3-5,14,18,20H,6-10H2,1-2H3;1H/t14-;/m0./s1. The number of benzene rings is 1. The topological polar surface area (TPSA) is 54.0 Å². The van der Waals surface area contributed by atoms with E-state index in [4.69, 9.17) is 9.47 Å². The molecule has 1 atom stereocenters. The maximum absolute atomic E-state index is 14.4. The van der Waals surface area contributed by atoms with Gasteiger partial charge in [0.2, 0.25) is 0 Å². The Kier molecular flexibility index (Phi) is 7.47. The Morgan fingerprint density at radius 2 is 1.91 bits per heavy atom. The van der Waals surface area contributed by atoms with Crippen molar-refractivity contribution in [1.82, 2.24) is 10.2 Å². The molecule has 0 unspecified atom stereocenters. The van der Waals surface area contributed by atoms with Crippen LogP contribution in [0.5, 0.6) is 11.5 Å². The molecule has 1 heterocycles. The summed E-state index contributed by atoms with van der Waals surface area (Å²) in [6.07, 6.45) is 0. The Balaban J connectivity index is 0.00000264. The van der Waals surface area contributed by atoms with E-state index in [0.29, 0.717) is 37.5 Å². The molecule has 2 N–H and O–H groups in total. The third-order valence-corrected chi connectivity index (χ3v) is 3.86. The highest BCUT2D eigenvalue weighted by Gasteiger charge is 2.45. The molecule has 0 aliphatic carbocycles. The predicted molar refractivity (Wildman–Crippen MR) is 86.0 cm³/mol. The Bertz CT molecular complexity index is 500. The molecule has 1 aliphatic rings. The molecule has 2 rings (SSSR count). The number of nitrogens with zero attached hydrogens (tertiary/aromatic N) is 1. The van der Waals surface area contributed by atoms with Gasteiger partial charge in [-0.05, 0) is 6.07 Å². The van der Waals surface area contributed by atoms with Gasteiger partial charge >= 0.3 is 0 Å². The zero-order valence-corrected chi connectivity index (χ0v) is 14.0. The zero-order valence-electron chi connectivity index (χ0n) is 13.2. The second kappa shape index (κ2) is 8.63. The molecule has 132 valence electrons. The van der Waals surface area contributed by atoms with Crippen LogP contribution in [0.1, 0.15) is 11.6 Å². The third-order valence-electron chi connectivity index (χ3n) is 3.86. The Hall–Kier alpha value is -1.15. The number of aliphatic hydroxyl groups is 1. The van der Waals surface area contributed by atoms with Crippen LogP contribution in [0.4, 0.5) is 8.78 Å². The number of rotatable bonds is 6. The number of halogens is 3. The van der Waals surface area contributed by atoms with Gasteiger partial charge in [0.05, 0.1) is 14.2 Å². The number of hydrogen-bond acceptors (Lipinski definition) is 5. The number of alkyl halides is 2. The van der Waals surface area contributed by atoms with E-state index in [1.807, 2.05) is 0 Å². The molecule has 1 fully saturated rings. The zero-order chi connectivity index (χ0) is 16.2. The van der Waals surface area contributed by atoms with E-state index in [9.17, 15) is 13.9 Å². The van der Waals surface area contributed by atoms with E-state index in [0.717, 1.165) is 0 Å². The van der Waals surface area contributed by atoms with Crippen molar-refractivity contribution in [3.63, 3.8) is 0 Å². The number of hydrogen-bond donors (Lipinski definition) is 2. The third kappa shape index (κ3) is 4.23. The summed E-state index contributed by atoms with van der Waals surface area (Å²) < 4.78 is 39.4. The number of nitrogens with one attached hydrogen (secondary N) is 1. The molecular formula is C15H23ClF2N2O3. The average Bonchev–Trinajstić information content (AvgIpc) is 2.55. The van der Waals surface area contributed by atoms with E-state index in [1.165, 1.54) is 14.2 Å². The molecular weight excluding hydrogens is 330 g/mol. The fraction of sp³-hybridized carbons (Fsp3) is 0.600. The molecule has 1 aliphatic heterocycles. The largest absolute Gasteiger partial charge is 0.493 e. The van der Waals surface area contributed by atoms with Gasteiger partial charge in [0.25, 0.3) is 5.92 Å². The minimum atomic E-state index is -3.28. The molecule has 1 saturated heterocycles. The van der Waals surface area contributed by atoms with Gasteiger partial charge in [-0.3, -0.25) is 4.90 Å². The number of ether oxygens (including phenoxy) is 2. The first kappa shape index (κ1) is 19.9. The van der Waals surface area contributed by atoms with Crippen LogP contribution in [0.3, 0.4) is 0 Å². The molecule has 1 aromatic rings. The van der Waals surface area contributed by atoms with Crippen LogP contribution in [-0.2, 0) is 0 Å². The van der Waals surface area contributed by atoms with Crippen LogP contribution < -0.4 is 14.8 Å². The molecule has 23 heavy (non-hydrogen) atoms. The van der Waals surface area contributed by atoms with Crippen molar-refractivity contribution in [3.8, 4) is 11.5 Å². The summed E-state index contributed by atoms with van der Waals surface area (Å²) in [6.45, 7) is 0.984. The lowest BCUT2D eigenvalue weighted by atomic mass is 9.96. The molecule has 0 saturated carbocycles. The molecule has 0 spiro atoms. The summed E-state index contributed by atoms with van der Waals surface area (Å²) >= 11 is 0. The van der Waals surface area contributed by atoms with Crippen molar-refractivity contribution in [1.29, 1.82) is 0 Å². The molecule has 8 heteroatoms. The Labute approximate surface area is 141 Å². The first-order valence-corrected chi connectivity index (χ1v) is 7.19. The highest BCUT2D eigenvalue weighted by Crippen LogP contribution is 2.43. The van der Waals surface area contributed by atoms with E-state index >= 15 is 0 Å². The SMILES string of the molecule is COc1cccc([C@H](N2CCNCC2)C(F)(F)CO)c1OC.Cl. The predicted octanol–water partition coefficient (Wildman–Crippen LogP) is 1.70. The Morgan fingerprint density at radius 1 is 1.26 bits per heavy atom. The van der Waals surface area contributed by atoms with E-state index in [1.54, 1.807) is 23.1 Å². The van der Waals surface area contributed by atoms with Crippen molar-refractivity contribution in [3.05, 3.63) is 23.8 Å². The van der Waals surface area contributed by atoms with Crippen molar-refractivity contribution < 1.29 is 23.4 Å². The van der Waals surface area contributed by atoms with Crippen molar-refractivity contribution in [2.75, 3.05) is 47.0 Å².